The highest BCUT2D eigenvalue weighted by atomic mass is 35.5. The SMILES string of the molecule is O=C(Cc1ccc(Cl)cc1)NCC(=O)NN=Cc1ccccc1[N+](=O)[O-]. The van der Waals surface area contributed by atoms with Crippen molar-refractivity contribution in [2.24, 2.45) is 5.10 Å². The molecule has 134 valence electrons. The number of rotatable bonds is 7. The largest absolute Gasteiger partial charge is 0.347 e. The smallest absolute Gasteiger partial charge is 0.278 e. The fraction of sp³-hybridized carbons (Fsp3) is 0.118. The van der Waals surface area contributed by atoms with Gasteiger partial charge in [-0.3, -0.25) is 19.7 Å². The molecule has 0 spiro atoms. The minimum absolute atomic E-state index is 0.115. The summed E-state index contributed by atoms with van der Waals surface area (Å²) in [6.45, 7) is -0.263. The Hall–Kier alpha value is -3.26. The molecular weight excluding hydrogens is 360 g/mol. The Morgan fingerprint density at radius 1 is 1.12 bits per heavy atom. The van der Waals surface area contributed by atoms with E-state index in [1.54, 1.807) is 30.3 Å². The van der Waals surface area contributed by atoms with Gasteiger partial charge in [0.25, 0.3) is 11.6 Å². The van der Waals surface area contributed by atoms with E-state index in [1.165, 1.54) is 24.4 Å². The molecule has 0 aliphatic carbocycles. The Morgan fingerprint density at radius 3 is 2.50 bits per heavy atom. The zero-order valence-electron chi connectivity index (χ0n) is 13.5. The minimum Gasteiger partial charge on any atom is -0.347 e. The average Bonchev–Trinajstić information content (AvgIpc) is 2.62. The molecule has 0 unspecified atom stereocenters. The normalized spacial score (nSPS) is 10.5. The summed E-state index contributed by atoms with van der Waals surface area (Å²) >= 11 is 5.77. The standard InChI is InChI=1S/C17H15ClN4O4/c18-14-7-5-12(6-8-14)9-16(23)19-11-17(24)21-20-10-13-3-1-2-4-15(13)22(25)26/h1-8,10H,9,11H2,(H,19,23)(H,21,24). The predicted molar refractivity (Wildman–Crippen MR) is 97.0 cm³/mol. The first kappa shape index (κ1) is 19.1. The number of benzene rings is 2. The molecule has 2 aromatic rings. The van der Waals surface area contributed by atoms with E-state index < -0.39 is 10.8 Å². The fourth-order valence-corrected chi connectivity index (χ4v) is 2.13. The van der Waals surface area contributed by atoms with Crippen molar-refractivity contribution in [3.8, 4) is 0 Å². The van der Waals surface area contributed by atoms with Crippen LogP contribution in [0, 0.1) is 10.1 Å². The van der Waals surface area contributed by atoms with E-state index in [4.69, 9.17) is 11.6 Å². The summed E-state index contributed by atoms with van der Waals surface area (Å²) in [6.07, 6.45) is 1.29. The molecule has 0 radical (unpaired) electrons. The molecule has 2 rings (SSSR count). The first-order valence-electron chi connectivity index (χ1n) is 7.52. The molecule has 0 saturated carbocycles. The lowest BCUT2D eigenvalue weighted by molar-refractivity contribution is -0.385. The lowest BCUT2D eigenvalue weighted by Crippen LogP contribution is -2.35. The zero-order valence-corrected chi connectivity index (χ0v) is 14.3. The number of carbonyl (C=O) groups is 2. The van der Waals surface area contributed by atoms with Gasteiger partial charge in [-0.1, -0.05) is 35.9 Å². The van der Waals surface area contributed by atoms with Crippen molar-refractivity contribution >= 4 is 35.3 Å². The van der Waals surface area contributed by atoms with Crippen LogP contribution in [-0.4, -0.2) is 29.5 Å². The van der Waals surface area contributed by atoms with Gasteiger partial charge in [0, 0.05) is 11.1 Å². The quantitative estimate of drug-likeness (QED) is 0.438. The number of nitrogens with one attached hydrogen (secondary N) is 2. The third kappa shape index (κ3) is 5.99. The van der Waals surface area contributed by atoms with E-state index >= 15 is 0 Å². The van der Waals surface area contributed by atoms with Gasteiger partial charge in [0.2, 0.25) is 5.91 Å². The van der Waals surface area contributed by atoms with Crippen molar-refractivity contribution in [1.29, 1.82) is 0 Å². The maximum absolute atomic E-state index is 11.8. The number of hydrogen-bond donors (Lipinski definition) is 2. The molecule has 0 fully saturated rings. The van der Waals surface area contributed by atoms with Gasteiger partial charge in [0.1, 0.15) is 0 Å². The predicted octanol–water partition coefficient (Wildman–Crippen LogP) is 2.06. The van der Waals surface area contributed by atoms with E-state index in [0.29, 0.717) is 5.02 Å². The van der Waals surface area contributed by atoms with Gasteiger partial charge >= 0.3 is 0 Å². The van der Waals surface area contributed by atoms with Crippen molar-refractivity contribution in [2.45, 2.75) is 6.42 Å². The number of hydrazone groups is 1. The van der Waals surface area contributed by atoms with Gasteiger partial charge in [0.05, 0.1) is 29.7 Å². The van der Waals surface area contributed by atoms with Crippen molar-refractivity contribution in [3.63, 3.8) is 0 Å². The van der Waals surface area contributed by atoms with Crippen LogP contribution in [0.2, 0.25) is 5.02 Å². The molecule has 0 aliphatic heterocycles. The van der Waals surface area contributed by atoms with Crippen LogP contribution < -0.4 is 10.7 Å². The van der Waals surface area contributed by atoms with Crippen molar-refractivity contribution in [2.75, 3.05) is 6.54 Å². The molecule has 9 heteroatoms. The third-order valence-electron chi connectivity index (χ3n) is 3.25. The summed E-state index contributed by atoms with van der Waals surface area (Å²) in [4.78, 5) is 33.8. The molecule has 0 atom stereocenters. The molecule has 0 bridgehead atoms. The van der Waals surface area contributed by atoms with Gasteiger partial charge in [-0.05, 0) is 23.8 Å². The molecular formula is C17H15ClN4O4. The lowest BCUT2D eigenvalue weighted by Gasteiger charge is -2.04. The molecule has 0 saturated heterocycles. The molecule has 2 aromatic carbocycles. The van der Waals surface area contributed by atoms with Gasteiger partial charge in [-0.2, -0.15) is 5.10 Å². The highest BCUT2D eigenvalue weighted by molar-refractivity contribution is 6.30. The highest BCUT2D eigenvalue weighted by Crippen LogP contribution is 2.15. The first-order valence-corrected chi connectivity index (χ1v) is 7.90. The number of carbonyl (C=O) groups excluding carboxylic acids is 2. The summed E-state index contributed by atoms with van der Waals surface area (Å²) in [5.41, 5.74) is 3.10. The van der Waals surface area contributed by atoms with Gasteiger partial charge in [0.15, 0.2) is 0 Å². The summed E-state index contributed by atoms with van der Waals surface area (Å²) in [5, 5.41) is 17.6. The molecule has 0 aromatic heterocycles. The number of para-hydroxylation sites is 1. The summed E-state index contributed by atoms with van der Waals surface area (Å²) in [5.74, 6) is -0.880. The number of nitro groups is 1. The van der Waals surface area contributed by atoms with Crippen molar-refractivity contribution in [3.05, 3.63) is 74.8 Å². The summed E-state index contributed by atoms with van der Waals surface area (Å²) in [6, 6.07) is 12.8. The lowest BCUT2D eigenvalue weighted by atomic mass is 10.1. The maximum Gasteiger partial charge on any atom is 0.278 e. The number of halogens is 1. The minimum atomic E-state index is -0.552. The van der Waals surface area contributed by atoms with Gasteiger partial charge < -0.3 is 5.32 Å². The monoisotopic (exact) mass is 374 g/mol. The van der Waals surface area contributed by atoms with Crippen LogP contribution in [-0.2, 0) is 16.0 Å². The molecule has 2 amide bonds. The fourth-order valence-electron chi connectivity index (χ4n) is 2.01. The van der Waals surface area contributed by atoms with Crippen molar-refractivity contribution < 1.29 is 14.5 Å². The molecule has 26 heavy (non-hydrogen) atoms. The van der Waals surface area contributed by atoms with Crippen LogP contribution >= 0.6 is 11.6 Å². The van der Waals surface area contributed by atoms with E-state index in [0.717, 1.165) is 5.56 Å². The molecule has 2 N–H and O–H groups in total. The van der Waals surface area contributed by atoms with Crippen LogP contribution in [0.15, 0.2) is 53.6 Å². The molecule has 0 aliphatic rings. The van der Waals surface area contributed by atoms with Crippen LogP contribution in [0.3, 0.4) is 0 Å². The van der Waals surface area contributed by atoms with Crippen molar-refractivity contribution in [1.82, 2.24) is 10.7 Å². The van der Waals surface area contributed by atoms with E-state index in [-0.39, 0.29) is 30.1 Å². The van der Waals surface area contributed by atoms with Gasteiger partial charge in [-0.15, -0.1) is 0 Å². The number of nitro benzene ring substituents is 1. The number of nitrogens with zero attached hydrogens (tertiary/aromatic N) is 2. The topological polar surface area (TPSA) is 114 Å². The highest BCUT2D eigenvalue weighted by Gasteiger charge is 2.10. The molecule has 0 heterocycles. The van der Waals surface area contributed by atoms with E-state index in [2.05, 4.69) is 15.8 Å². The maximum atomic E-state index is 11.8. The second kappa shape index (κ2) is 9.28. The Labute approximate surface area is 154 Å². The van der Waals surface area contributed by atoms with Crippen LogP contribution in [0.4, 0.5) is 5.69 Å². The van der Waals surface area contributed by atoms with Crippen LogP contribution in [0.1, 0.15) is 11.1 Å². The molecule has 8 nitrogen and oxygen atoms in total. The van der Waals surface area contributed by atoms with E-state index in [9.17, 15) is 19.7 Å². The Kier molecular flexibility index (Phi) is 6.81. The summed E-state index contributed by atoms with van der Waals surface area (Å²) < 4.78 is 0. The Bertz CT molecular complexity index is 837. The Balaban J connectivity index is 1.79. The van der Waals surface area contributed by atoms with Gasteiger partial charge in [-0.25, -0.2) is 5.43 Å². The third-order valence-corrected chi connectivity index (χ3v) is 3.50. The first-order chi connectivity index (χ1) is 12.5. The van der Waals surface area contributed by atoms with E-state index in [1.807, 2.05) is 0 Å². The average molecular weight is 375 g/mol. The second-order valence-corrected chi connectivity index (χ2v) is 5.63. The number of amides is 2. The Morgan fingerprint density at radius 2 is 1.81 bits per heavy atom. The van der Waals surface area contributed by atoms with Crippen LogP contribution in [0.5, 0.6) is 0 Å². The zero-order chi connectivity index (χ0) is 18.9. The van der Waals surface area contributed by atoms with Crippen LogP contribution in [0.25, 0.3) is 0 Å². The summed E-state index contributed by atoms with van der Waals surface area (Å²) in [7, 11) is 0. The number of hydrogen-bond acceptors (Lipinski definition) is 5. The second-order valence-electron chi connectivity index (χ2n) is 5.19.